The van der Waals surface area contributed by atoms with Gasteiger partial charge in [0.1, 0.15) is 5.75 Å². The number of hydrogen-bond acceptors (Lipinski definition) is 2. The van der Waals surface area contributed by atoms with Crippen molar-refractivity contribution >= 4 is 12.0 Å². The fraction of sp³-hybridized carbons (Fsp3) is 0.471. The third-order valence-electron chi connectivity index (χ3n) is 3.84. The van der Waals surface area contributed by atoms with E-state index in [1.165, 1.54) is 6.42 Å². The molecule has 1 aliphatic carbocycles. The van der Waals surface area contributed by atoms with Crippen LogP contribution >= 0.6 is 0 Å². The highest BCUT2D eigenvalue weighted by Gasteiger charge is 2.21. The van der Waals surface area contributed by atoms with Gasteiger partial charge in [0.05, 0.1) is 7.11 Å². The molecule has 1 amide bonds. The first-order valence-electron chi connectivity index (χ1n) is 7.21. The average Bonchev–Trinajstić information content (AvgIpc) is 2.82. The lowest BCUT2D eigenvalue weighted by Crippen LogP contribution is -2.31. The molecule has 3 heteroatoms. The van der Waals surface area contributed by atoms with Gasteiger partial charge in [-0.1, -0.05) is 18.6 Å². The summed E-state index contributed by atoms with van der Waals surface area (Å²) < 4.78 is 5.30. The van der Waals surface area contributed by atoms with Crippen molar-refractivity contribution in [2.45, 2.75) is 39.2 Å². The van der Waals surface area contributed by atoms with E-state index in [1.54, 1.807) is 13.2 Å². The quantitative estimate of drug-likeness (QED) is 0.855. The number of amides is 1. The van der Waals surface area contributed by atoms with Crippen molar-refractivity contribution in [2.75, 3.05) is 7.11 Å². The van der Waals surface area contributed by atoms with Crippen molar-refractivity contribution in [2.24, 2.45) is 5.92 Å². The molecule has 1 N–H and O–H groups in total. The Bertz CT molecular complexity index is 508. The predicted molar refractivity (Wildman–Crippen MR) is 81.7 cm³/mol. The first kappa shape index (κ1) is 14.6. The van der Waals surface area contributed by atoms with E-state index < -0.39 is 0 Å². The van der Waals surface area contributed by atoms with E-state index in [0.29, 0.717) is 6.04 Å². The summed E-state index contributed by atoms with van der Waals surface area (Å²) in [6.07, 6.45) is 6.81. The molecule has 1 fully saturated rings. The predicted octanol–water partition coefficient (Wildman–Crippen LogP) is 3.32. The smallest absolute Gasteiger partial charge is 0.244 e. The summed E-state index contributed by atoms with van der Waals surface area (Å²) in [6.45, 7) is 4.26. The molecule has 1 aromatic carbocycles. The maximum absolute atomic E-state index is 11.9. The highest BCUT2D eigenvalue weighted by atomic mass is 16.5. The first-order chi connectivity index (χ1) is 9.58. The summed E-state index contributed by atoms with van der Waals surface area (Å²) in [5.41, 5.74) is 2.08. The summed E-state index contributed by atoms with van der Waals surface area (Å²) in [5, 5.41) is 3.07. The van der Waals surface area contributed by atoms with Crippen LogP contribution in [0.25, 0.3) is 6.08 Å². The largest absolute Gasteiger partial charge is 0.496 e. The molecule has 20 heavy (non-hydrogen) atoms. The average molecular weight is 273 g/mol. The third-order valence-corrected chi connectivity index (χ3v) is 3.84. The molecule has 3 nitrogen and oxygen atoms in total. The zero-order chi connectivity index (χ0) is 14.5. The molecule has 2 atom stereocenters. The second kappa shape index (κ2) is 6.60. The lowest BCUT2D eigenvalue weighted by Gasteiger charge is -2.10. The van der Waals surface area contributed by atoms with Crippen LogP contribution in [-0.4, -0.2) is 19.1 Å². The van der Waals surface area contributed by atoms with Crippen molar-refractivity contribution in [3.05, 3.63) is 35.4 Å². The van der Waals surface area contributed by atoms with Gasteiger partial charge in [0.15, 0.2) is 0 Å². The number of rotatable bonds is 4. The van der Waals surface area contributed by atoms with Crippen LogP contribution in [-0.2, 0) is 4.79 Å². The van der Waals surface area contributed by atoms with Crippen molar-refractivity contribution in [1.29, 1.82) is 0 Å². The summed E-state index contributed by atoms with van der Waals surface area (Å²) in [7, 11) is 1.64. The van der Waals surface area contributed by atoms with Gasteiger partial charge in [-0.05, 0) is 50.3 Å². The number of benzene rings is 1. The summed E-state index contributed by atoms with van der Waals surface area (Å²) in [6, 6.07) is 6.27. The van der Waals surface area contributed by atoms with Gasteiger partial charge in [-0.2, -0.15) is 0 Å². The lowest BCUT2D eigenvalue weighted by molar-refractivity contribution is -0.117. The molecular formula is C17H23NO2. The van der Waals surface area contributed by atoms with Gasteiger partial charge in [-0.25, -0.2) is 0 Å². The molecule has 0 radical (unpaired) electrons. The molecule has 1 aliphatic rings. The standard InChI is InChI=1S/C17H23NO2/c1-12-5-8-16(20-3)14(10-12)6-9-17(19)18-15-7-4-13(2)11-15/h5-6,8-10,13,15H,4,7,11H2,1-3H3,(H,18,19)/b9-6+. The van der Waals surface area contributed by atoms with E-state index >= 15 is 0 Å². The number of carbonyl (C=O) groups excluding carboxylic acids is 1. The minimum Gasteiger partial charge on any atom is -0.496 e. The van der Waals surface area contributed by atoms with Crippen LogP contribution in [0.2, 0.25) is 0 Å². The van der Waals surface area contributed by atoms with Gasteiger partial charge in [0.25, 0.3) is 0 Å². The van der Waals surface area contributed by atoms with Crippen molar-refractivity contribution in [3.8, 4) is 5.75 Å². The molecule has 2 rings (SSSR count). The highest BCUT2D eigenvalue weighted by Crippen LogP contribution is 2.24. The van der Waals surface area contributed by atoms with Gasteiger partial charge in [0, 0.05) is 17.7 Å². The van der Waals surface area contributed by atoms with Crippen LogP contribution in [0.1, 0.15) is 37.3 Å². The minimum absolute atomic E-state index is 0.0207. The molecule has 0 aliphatic heterocycles. The van der Waals surface area contributed by atoms with Crippen LogP contribution in [0.15, 0.2) is 24.3 Å². The first-order valence-corrected chi connectivity index (χ1v) is 7.21. The topological polar surface area (TPSA) is 38.3 Å². The normalized spacial score (nSPS) is 22.1. The summed E-state index contributed by atoms with van der Waals surface area (Å²) >= 11 is 0. The van der Waals surface area contributed by atoms with Gasteiger partial charge < -0.3 is 10.1 Å². The Morgan fingerprint density at radius 3 is 2.85 bits per heavy atom. The Morgan fingerprint density at radius 2 is 2.20 bits per heavy atom. The SMILES string of the molecule is COc1ccc(C)cc1/C=C/C(=O)NC1CCC(C)C1. The van der Waals surface area contributed by atoms with Crippen LogP contribution in [0.3, 0.4) is 0 Å². The Kier molecular flexibility index (Phi) is 4.83. The number of aryl methyl sites for hydroxylation is 1. The summed E-state index contributed by atoms with van der Waals surface area (Å²) in [5.74, 6) is 1.49. The number of methoxy groups -OCH3 is 1. The lowest BCUT2D eigenvalue weighted by atomic mass is 10.1. The Hall–Kier alpha value is -1.77. The van der Waals surface area contributed by atoms with E-state index in [-0.39, 0.29) is 5.91 Å². The monoisotopic (exact) mass is 273 g/mol. The highest BCUT2D eigenvalue weighted by molar-refractivity contribution is 5.92. The van der Waals surface area contributed by atoms with Crippen molar-refractivity contribution in [3.63, 3.8) is 0 Å². The van der Waals surface area contributed by atoms with Gasteiger partial charge in [-0.15, -0.1) is 0 Å². The van der Waals surface area contributed by atoms with Gasteiger partial charge in [-0.3, -0.25) is 4.79 Å². The Labute approximate surface area is 121 Å². The zero-order valence-corrected chi connectivity index (χ0v) is 12.5. The van der Waals surface area contributed by atoms with Gasteiger partial charge in [0.2, 0.25) is 5.91 Å². The van der Waals surface area contributed by atoms with Crippen LogP contribution < -0.4 is 10.1 Å². The van der Waals surface area contributed by atoms with E-state index in [1.807, 2.05) is 31.2 Å². The maximum Gasteiger partial charge on any atom is 0.244 e. The van der Waals surface area contributed by atoms with E-state index in [2.05, 4.69) is 12.2 Å². The molecule has 1 saturated carbocycles. The maximum atomic E-state index is 11.9. The number of ether oxygens (including phenoxy) is 1. The molecular weight excluding hydrogens is 250 g/mol. The molecule has 0 saturated heterocycles. The summed E-state index contributed by atoms with van der Waals surface area (Å²) in [4.78, 5) is 11.9. The number of hydrogen-bond donors (Lipinski definition) is 1. The van der Waals surface area contributed by atoms with E-state index in [9.17, 15) is 4.79 Å². The second-order valence-corrected chi connectivity index (χ2v) is 5.70. The second-order valence-electron chi connectivity index (χ2n) is 5.70. The Balaban J connectivity index is 1.98. The Morgan fingerprint density at radius 1 is 1.40 bits per heavy atom. The molecule has 0 spiro atoms. The fourth-order valence-electron chi connectivity index (χ4n) is 2.74. The van der Waals surface area contributed by atoms with E-state index in [0.717, 1.165) is 35.6 Å². The molecule has 1 aromatic rings. The van der Waals surface area contributed by atoms with Crippen molar-refractivity contribution in [1.82, 2.24) is 5.32 Å². The zero-order valence-electron chi connectivity index (χ0n) is 12.5. The molecule has 108 valence electrons. The number of nitrogens with one attached hydrogen (secondary N) is 1. The third kappa shape index (κ3) is 3.86. The van der Waals surface area contributed by atoms with E-state index in [4.69, 9.17) is 4.74 Å². The van der Waals surface area contributed by atoms with Crippen LogP contribution in [0, 0.1) is 12.8 Å². The van der Waals surface area contributed by atoms with Crippen molar-refractivity contribution < 1.29 is 9.53 Å². The molecule has 0 heterocycles. The minimum atomic E-state index is -0.0207. The number of carbonyl (C=O) groups is 1. The molecule has 2 unspecified atom stereocenters. The molecule has 0 bridgehead atoms. The van der Waals surface area contributed by atoms with Crippen LogP contribution in [0.4, 0.5) is 0 Å². The van der Waals surface area contributed by atoms with Gasteiger partial charge >= 0.3 is 0 Å². The van der Waals surface area contributed by atoms with Crippen LogP contribution in [0.5, 0.6) is 5.75 Å². The fourth-order valence-corrected chi connectivity index (χ4v) is 2.74. The molecule has 0 aromatic heterocycles.